The molecular formula is C22H26N4O4. The van der Waals surface area contributed by atoms with Crippen LogP contribution in [-0.2, 0) is 6.42 Å². The molecule has 1 saturated heterocycles. The van der Waals surface area contributed by atoms with E-state index in [1.807, 2.05) is 11.8 Å². The number of benzene rings is 1. The lowest BCUT2D eigenvalue weighted by Crippen LogP contribution is -2.38. The molecule has 1 aliphatic heterocycles. The molecular weight excluding hydrogens is 384 g/mol. The molecule has 0 unspecified atom stereocenters. The van der Waals surface area contributed by atoms with Gasteiger partial charge in [-0.25, -0.2) is 0 Å². The number of fused-ring (bicyclic) bond motifs is 1. The molecule has 8 heteroatoms. The number of hydrogen-bond donors (Lipinski definition) is 1. The van der Waals surface area contributed by atoms with Crippen molar-refractivity contribution >= 4 is 23.0 Å². The van der Waals surface area contributed by atoms with Crippen LogP contribution in [0.3, 0.4) is 0 Å². The van der Waals surface area contributed by atoms with Crippen LogP contribution in [0.2, 0.25) is 0 Å². The molecule has 0 radical (unpaired) electrons. The smallest absolute Gasteiger partial charge is 0.289 e. The summed E-state index contributed by atoms with van der Waals surface area (Å²) in [4.78, 5) is 25.3. The molecule has 0 spiro atoms. The highest BCUT2D eigenvalue weighted by atomic mass is 16.6. The fraction of sp³-hybridized carbons (Fsp3) is 0.455. The molecule has 4 rings (SSSR count). The number of rotatable bonds is 4. The van der Waals surface area contributed by atoms with Crippen molar-refractivity contribution in [1.29, 1.82) is 0 Å². The van der Waals surface area contributed by atoms with Gasteiger partial charge in [0, 0.05) is 42.8 Å². The lowest BCUT2D eigenvalue weighted by Gasteiger charge is -2.29. The minimum absolute atomic E-state index is 0.0310. The standard InChI is InChI=1S/C22H26N4O4/c1-14-10-12-25(13-11-14)22(27)21-15(2)20-18(4-3-5-19(20)30-21)24-23-16-6-8-17(9-7-16)26(28)29/h6-9,14,23H,3-5,10-13H2,1-2H3/b24-18+. The summed E-state index contributed by atoms with van der Waals surface area (Å²) in [6, 6.07) is 6.13. The van der Waals surface area contributed by atoms with Crippen molar-refractivity contribution in [3.63, 3.8) is 0 Å². The van der Waals surface area contributed by atoms with E-state index in [1.54, 1.807) is 12.1 Å². The number of non-ortho nitro benzene ring substituents is 1. The third-order valence-electron chi connectivity index (χ3n) is 5.99. The van der Waals surface area contributed by atoms with Gasteiger partial charge < -0.3 is 9.32 Å². The molecule has 0 atom stereocenters. The molecule has 2 aliphatic rings. The Morgan fingerprint density at radius 2 is 1.93 bits per heavy atom. The summed E-state index contributed by atoms with van der Waals surface area (Å²) in [5, 5.41) is 15.3. The van der Waals surface area contributed by atoms with Crippen molar-refractivity contribution in [2.24, 2.45) is 11.0 Å². The monoisotopic (exact) mass is 410 g/mol. The zero-order chi connectivity index (χ0) is 21.3. The molecule has 1 N–H and O–H groups in total. The fourth-order valence-corrected chi connectivity index (χ4v) is 4.13. The van der Waals surface area contributed by atoms with Gasteiger partial charge in [-0.1, -0.05) is 6.92 Å². The number of nitro benzene ring substituents is 1. The number of nitro groups is 1. The minimum Gasteiger partial charge on any atom is -0.455 e. The van der Waals surface area contributed by atoms with Crippen molar-refractivity contribution in [2.75, 3.05) is 18.5 Å². The first kappa shape index (κ1) is 20.1. The first-order valence-electron chi connectivity index (χ1n) is 10.4. The van der Waals surface area contributed by atoms with E-state index < -0.39 is 4.92 Å². The number of likely N-dealkylation sites (tertiary alicyclic amines) is 1. The number of carbonyl (C=O) groups excluding carboxylic acids is 1. The SMILES string of the molecule is Cc1c(C(=O)N2CCC(C)CC2)oc2c1/C(=N/Nc1ccc([N+](=O)[O-])cc1)CCC2. The Kier molecular flexibility index (Phi) is 5.57. The quantitative estimate of drug-likeness (QED) is 0.590. The minimum atomic E-state index is -0.431. The molecule has 2 aromatic rings. The van der Waals surface area contributed by atoms with Gasteiger partial charge in [0.15, 0.2) is 5.76 Å². The van der Waals surface area contributed by atoms with Crippen molar-refractivity contribution < 1.29 is 14.1 Å². The molecule has 0 bridgehead atoms. The third-order valence-corrected chi connectivity index (χ3v) is 5.99. The maximum atomic E-state index is 13.0. The topological polar surface area (TPSA) is 101 Å². The Morgan fingerprint density at radius 3 is 2.60 bits per heavy atom. The molecule has 1 fully saturated rings. The van der Waals surface area contributed by atoms with E-state index in [9.17, 15) is 14.9 Å². The second kappa shape index (κ2) is 8.30. The number of nitrogens with one attached hydrogen (secondary N) is 1. The van der Waals surface area contributed by atoms with E-state index in [0.29, 0.717) is 17.4 Å². The van der Waals surface area contributed by atoms with E-state index in [2.05, 4.69) is 17.5 Å². The number of furan rings is 1. The highest BCUT2D eigenvalue weighted by Crippen LogP contribution is 2.31. The van der Waals surface area contributed by atoms with Gasteiger partial charge in [0.1, 0.15) is 5.76 Å². The van der Waals surface area contributed by atoms with Gasteiger partial charge in [-0.2, -0.15) is 5.10 Å². The van der Waals surface area contributed by atoms with Crippen LogP contribution in [0.15, 0.2) is 33.8 Å². The van der Waals surface area contributed by atoms with Gasteiger partial charge in [0.05, 0.1) is 16.3 Å². The summed E-state index contributed by atoms with van der Waals surface area (Å²) >= 11 is 0. The molecule has 158 valence electrons. The van der Waals surface area contributed by atoms with Crippen molar-refractivity contribution in [3.8, 4) is 0 Å². The van der Waals surface area contributed by atoms with Crippen LogP contribution in [-0.4, -0.2) is 34.5 Å². The van der Waals surface area contributed by atoms with Crippen LogP contribution in [0.4, 0.5) is 11.4 Å². The number of nitrogens with zero attached hydrogens (tertiary/aromatic N) is 3. The molecule has 0 saturated carbocycles. The first-order valence-corrected chi connectivity index (χ1v) is 10.4. The van der Waals surface area contributed by atoms with E-state index in [1.165, 1.54) is 12.1 Å². The summed E-state index contributed by atoms with van der Waals surface area (Å²) < 4.78 is 6.03. The predicted molar refractivity (Wildman–Crippen MR) is 114 cm³/mol. The number of amides is 1. The van der Waals surface area contributed by atoms with Crippen LogP contribution in [0.5, 0.6) is 0 Å². The van der Waals surface area contributed by atoms with Crippen LogP contribution >= 0.6 is 0 Å². The van der Waals surface area contributed by atoms with Crippen LogP contribution in [0, 0.1) is 23.0 Å². The Hall–Kier alpha value is -3.16. The maximum Gasteiger partial charge on any atom is 0.289 e. The van der Waals surface area contributed by atoms with E-state index in [4.69, 9.17) is 4.42 Å². The zero-order valence-corrected chi connectivity index (χ0v) is 17.3. The highest BCUT2D eigenvalue weighted by Gasteiger charge is 2.31. The number of carbonyl (C=O) groups is 1. The van der Waals surface area contributed by atoms with Gasteiger partial charge in [0.25, 0.3) is 11.6 Å². The normalized spacial score (nSPS) is 18.3. The number of piperidine rings is 1. The van der Waals surface area contributed by atoms with Crippen molar-refractivity contribution in [2.45, 2.75) is 46.0 Å². The molecule has 1 aliphatic carbocycles. The molecule has 1 aromatic heterocycles. The van der Waals surface area contributed by atoms with E-state index in [0.717, 1.165) is 67.8 Å². The van der Waals surface area contributed by atoms with Gasteiger partial charge in [-0.3, -0.25) is 20.3 Å². The van der Waals surface area contributed by atoms with Crippen LogP contribution in [0.25, 0.3) is 0 Å². The summed E-state index contributed by atoms with van der Waals surface area (Å²) in [6.45, 7) is 5.69. The first-order chi connectivity index (χ1) is 14.4. The average molecular weight is 410 g/mol. The lowest BCUT2D eigenvalue weighted by molar-refractivity contribution is -0.384. The molecule has 1 amide bonds. The summed E-state index contributed by atoms with van der Waals surface area (Å²) in [5.74, 6) is 1.87. The molecule has 1 aromatic carbocycles. The van der Waals surface area contributed by atoms with Crippen LogP contribution < -0.4 is 5.43 Å². The Balaban J connectivity index is 1.55. The van der Waals surface area contributed by atoms with Gasteiger partial charge >= 0.3 is 0 Å². The van der Waals surface area contributed by atoms with Gasteiger partial charge in [-0.05, 0) is 50.7 Å². The van der Waals surface area contributed by atoms with E-state index >= 15 is 0 Å². The lowest BCUT2D eigenvalue weighted by atomic mass is 9.93. The van der Waals surface area contributed by atoms with Crippen LogP contribution in [0.1, 0.15) is 60.0 Å². The fourth-order valence-electron chi connectivity index (χ4n) is 4.13. The summed E-state index contributed by atoms with van der Waals surface area (Å²) in [6.07, 6.45) is 4.52. The number of hydrazone groups is 1. The third kappa shape index (κ3) is 3.94. The largest absolute Gasteiger partial charge is 0.455 e. The number of anilines is 1. The van der Waals surface area contributed by atoms with E-state index in [-0.39, 0.29) is 11.6 Å². The second-order valence-electron chi connectivity index (χ2n) is 8.16. The van der Waals surface area contributed by atoms with Crippen molar-refractivity contribution in [1.82, 2.24) is 4.90 Å². The van der Waals surface area contributed by atoms with Gasteiger partial charge in [-0.15, -0.1) is 0 Å². The molecule has 2 heterocycles. The number of aryl methyl sites for hydroxylation is 1. The Morgan fingerprint density at radius 1 is 1.23 bits per heavy atom. The van der Waals surface area contributed by atoms with Gasteiger partial charge in [0.2, 0.25) is 0 Å². The summed E-state index contributed by atoms with van der Waals surface area (Å²) in [7, 11) is 0. The molecule has 8 nitrogen and oxygen atoms in total. The van der Waals surface area contributed by atoms with Crippen molar-refractivity contribution in [3.05, 3.63) is 57.0 Å². The zero-order valence-electron chi connectivity index (χ0n) is 17.3. The summed E-state index contributed by atoms with van der Waals surface area (Å²) in [5.41, 5.74) is 6.30. The molecule has 30 heavy (non-hydrogen) atoms. The maximum absolute atomic E-state index is 13.0. The second-order valence-corrected chi connectivity index (χ2v) is 8.16. The Labute approximate surface area is 175 Å². The predicted octanol–water partition coefficient (Wildman–Crippen LogP) is 4.52. The average Bonchev–Trinajstić information content (AvgIpc) is 3.09. The highest BCUT2D eigenvalue weighted by molar-refractivity contribution is 6.06. The number of hydrogen-bond acceptors (Lipinski definition) is 6. The Bertz CT molecular complexity index is 985.